The molecule has 0 aliphatic heterocycles. The Morgan fingerprint density at radius 1 is 1.00 bits per heavy atom. The van der Waals surface area contributed by atoms with Crippen molar-refractivity contribution in [3.63, 3.8) is 0 Å². The van der Waals surface area contributed by atoms with Crippen LogP contribution in [0.15, 0.2) is 47.5 Å². The van der Waals surface area contributed by atoms with E-state index in [1.54, 1.807) is 24.3 Å². The summed E-state index contributed by atoms with van der Waals surface area (Å²) in [4.78, 5) is 31.4. The highest BCUT2D eigenvalue weighted by Crippen LogP contribution is 2.31. The van der Waals surface area contributed by atoms with Crippen molar-refractivity contribution in [2.75, 3.05) is 17.6 Å². The second kappa shape index (κ2) is 9.34. The van der Waals surface area contributed by atoms with Gasteiger partial charge in [-0.05, 0) is 37.1 Å². The molecular formula is C21H19F3N4O2S. The Labute approximate surface area is 180 Å². The van der Waals surface area contributed by atoms with Gasteiger partial charge in [-0.2, -0.15) is 13.2 Å². The van der Waals surface area contributed by atoms with Crippen molar-refractivity contribution in [3.05, 3.63) is 59.4 Å². The van der Waals surface area contributed by atoms with Gasteiger partial charge < -0.3 is 10.6 Å². The molecule has 10 heteroatoms. The Morgan fingerprint density at radius 2 is 1.74 bits per heavy atom. The van der Waals surface area contributed by atoms with Crippen LogP contribution in [-0.2, 0) is 15.8 Å². The van der Waals surface area contributed by atoms with Gasteiger partial charge >= 0.3 is 6.18 Å². The van der Waals surface area contributed by atoms with E-state index in [4.69, 9.17) is 0 Å². The summed E-state index contributed by atoms with van der Waals surface area (Å²) in [5.74, 6) is -2.37. The largest absolute Gasteiger partial charge is 0.451 e. The molecule has 0 saturated heterocycles. The van der Waals surface area contributed by atoms with E-state index >= 15 is 0 Å². The van der Waals surface area contributed by atoms with Crippen molar-refractivity contribution in [2.45, 2.75) is 25.0 Å². The van der Waals surface area contributed by atoms with Crippen LogP contribution < -0.4 is 10.6 Å². The molecule has 0 aliphatic rings. The van der Waals surface area contributed by atoms with Crippen LogP contribution in [-0.4, -0.2) is 34.1 Å². The van der Waals surface area contributed by atoms with Crippen molar-refractivity contribution in [1.29, 1.82) is 0 Å². The van der Waals surface area contributed by atoms with Gasteiger partial charge in [0.2, 0.25) is 17.6 Å². The Bertz CT molecular complexity index is 1140. The number of carbonyl (C=O) groups is 2. The smallest absolute Gasteiger partial charge is 0.346 e. The fourth-order valence-electron chi connectivity index (χ4n) is 2.73. The van der Waals surface area contributed by atoms with Crippen molar-refractivity contribution < 1.29 is 22.8 Å². The first-order valence-electron chi connectivity index (χ1n) is 9.24. The number of fused-ring (bicyclic) bond motifs is 1. The average molecular weight is 448 g/mol. The fourth-order valence-corrected chi connectivity index (χ4v) is 3.58. The number of anilines is 1. The van der Waals surface area contributed by atoms with Gasteiger partial charge in [-0.15, -0.1) is 0 Å². The lowest BCUT2D eigenvalue weighted by atomic mass is 10.1. The van der Waals surface area contributed by atoms with Crippen LogP contribution in [0.5, 0.6) is 0 Å². The minimum atomic E-state index is -4.70. The van der Waals surface area contributed by atoms with E-state index in [9.17, 15) is 22.8 Å². The molecule has 3 aromatic rings. The molecule has 0 radical (unpaired) electrons. The second-order valence-electron chi connectivity index (χ2n) is 6.73. The van der Waals surface area contributed by atoms with Gasteiger partial charge in [0.15, 0.2) is 0 Å². The zero-order valence-corrected chi connectivity index (χ0v) is 17.5. The van der Waals surface area contributed by atoms with Gasteiger partial charge in [-0.1, -0.05) is 42.1 Å². The Morgan fingerprint density at radius 3 is 2.48 bits per heavy atom. The zero-order valence-electron chi connectivity index (χ0n) is 16.7. The topological polar surface area (TPSA) is 84.0 Å². The molecule has 0 unspecified atom stereocenters. The molecule has 0 atom stereocenters. The number of hydrogen-bond acceptors (Lipinski definition) is 5. The third-order valence-electron chi connectivity index (χ3n) is 4.49. The molecule has 0 bridgehead atoms. The van der Waals surface area contributed by atoms with Gasteiger partial charge in [0, 0.05) is 11.1 Å². The minimum absolute atomic E-state index is 0.0490. The summed E-state index contributed by atoms with van der Waals surface area (Å²) >= 11 is 0.853. The number of amides is 2. The quantitative estimate of drug-likeness (QED) is 0.438. The maximum atomic E-state index is 13.1. The summed E-state index contributed by atoms with van der Waals surface area (Å²) in [6, 6.07) is 11.8. The maximum Gasteiger partial charge on any atom is 0.451 e. The number of aryl methyl sites for hydroxylation is 1. The van der Waals surface area contributed by atoms with E-state index in [-0.39, 0.29) is 22.8 Å². The minimum Gasteiger partial charge on any atom is -0.346 e. The highest BCUT2D eigenvalue weighted by Gasteiger charge is 2.35. The third-order valence-corrected chi connectivity index (χ3v) is 5.48. The average Bonchev–Trinajstić information content (AvgIpc) is 2.73. The molecule has 1 aromatic heterocycles. The fraction of sp³-hybridized carbons (Fsp3) is 0.238. The van der Waals surface area contributed by atoms with Crippen LogP contribution in [0.25, 0.3) is 10.9 Å². The number of alkyl halides is 3. The number of benzene rings is 2. The predicted octanol–water partition coefficient (Wildman–Crippen LogP) is 4.11. The molecule has 2 N–H and O–H groups in total. The lowest BCUT2D eigenvalue weighted by Gasteiger charge is -2.11. The number of carbonyl (C=O) groups excluding carboxylic acids is 2. The molecule has 0 spiro atoms. The molecule has 0 aliphatic carbocycles. The highest BCUT2D eigenvalue weighted by atomic mass is 32.2. The van der Waals surface area contributed by atoms with Crippen molar-refractivity contribution in [1.82, 2.24) is 15.3 Å². The lowest BCUT2D eigenvalue weighted by Crippen LogP contribution is -2.34. The summed E-state index contributed by atoms with van der Waals surface area (Å²) in [5.41, 5.74) is 2.74. The van der Waals surface area contributed by atoms with E-state index in [1.165, 1.54) is 6.07 Å². The van der Waals surface area contributed by atoms with Crippen molar-refractivity contribution >= 4 is 40.2 Å². The number of para-hydroxylation sites is 1. The van der Waals surface area contributed by atoms with Crippen molar-refractivity contribution in [3.8, 4) is 0 Å². The number of aromatic nitrogens is 2. The first-order chi connectivity index (χ1) is 14.6. The Hall–Kier alpha value is -3.14. The number of nitrogens with one attached hydrogen (secondary N) is 2. The highest BCUT2D eigenvalue weighted by molar-refractivity contribution is 8.00. The van der Waals surface area contributed by atoms with Crippen LogP contribution in [0.4, 0.5) is 18.9 Å². The number of thioether (sulfide) groups is 1. The monoisotopic (exact) mass is 448 g/mol. The summed E-state index contributed by atoms with van der Waals surface area (Å²) in [7, 11) is 0. The number of rotatable bonds is 6. The molecule has 0 fully saturated rings. The van der Waals surface area contributed by atoms with E-state index in [1.807, 2.05) is 26.0 Å². The van der Waals surface area contributed by atoms with E-state index in [0.29, 0.717) is 11.1 Å². The van der Waals surface area contributed by atoms with Gasteiger partial charge in [-0.3, -0.25) is 9.59 Å². The third kappa shape index (κ3) is 5.72. The standard InChI is InChI=1S/C21H19F3N4O2S/c1-12-6-5-9-15(13(12)2)26-17(29)10-25-18(30)11-31-19-14-7-3-4-8-16(14)27-20(28-19)21(22,23)24/h3-9H,10-11H2,1-2H3,(H,25,30)(H,26,29). The molecule has 162 valence electrons. The second-order valence-corrected chi connectivity index (χ2v) is 7.69. The first kappa shape index (κ1) is 22.5. The predicted molar refractivity (Wildman–Crippen MR) is 113 cm³/mol. The Kier molecular flexibility index (Phi) is 6.79. The SMILES string of the molecule is Cc1cccc(NC(=O)CNC(=O)CSc2nc(C(F)(F)F)nc3ccccc23)c1C. The van der Waals surface area contributed by atoms with Crippen LogP contribution in [0.3, 0.4) is 0 Å². The molecule has 31 heavy (non-hydrogen) atoms. The van der Waals surface area contributed by atoms with E-state index in [0.717, 1.165) is 22.9 Å². The molecule has 1 heterocycles. The maximum absolute atomic E-state index is 13.1. The number of halogens is 3. The summed E-state index contributed by atoms with van der Waals surface area (Å²) in [6.07, 6.45) is -4.70. The van der Waals surface area contributed by atoms with Crippen LogP contribution >= 0.6 is 11.8 Å². The Balaban J connectivity index is 1.61. The van der Waals surface area contributed by atoms with Crippen LogP contribution in [0.2, 0.25) is 0 Å². The van der Waals surface area contributed by atoms with Crippen LogP contribution in [0.1, 0.15) is 17.0 Å². The molecule has 2 aromatic carbocycles. The van der Waals surface area contributed by atoms with Gasteiger partial charge in [-0.25, -0.2) is 9.97 Å². The van der Waals surface area contributed by atoms with Gasteiger partial charge in [0.25, 0.3) is 0 Å². The normalized spacial score (nSPS) is 11.4. The summed E-state index contributed by atoms with van der Waals surface area (Å²) in [6.45, 7) is 3.54. The number of hydrogen-bond donors (Lipinski definition) is 2. The van der Waals surface area contributed by atoms with E-state index < -0.39 is 23.8 Å². The van der Waals surface area contributed by atoms with Gasteiger partial charge in [0.05, 0.1) is 17.8 Å². The summed E-state index contributed by atoms with van der Waals surface area (Å²) < 4.78 is 39.2. The van der Waals surface area contributed by atoms with Gasteiger partial charge in [0.1, 0.15) is 5.03 Å². The molecule has 0 saturated carbocycles. The molecule has 2 amide bonds. The molecule has 6 nitrogen and oxygen atoms in total. The van der Waals surface area contributed by atoms with E-state index in [2.05, 4.69) is 20.6 Å². The zero-order chi connectivity index (χ0) is 22.6. The molecular weight excluding hydrogens is 429 g/mol. The van der Waals surface area contributed by atoms with Crippen molar-refractivity contribution in [2.24, 2.45) is 0 Å². The lowest BCUT2D eigenvalue weighted by molar-refractivity contribution is -0.145. The molecule has 3 rings (SSSR count). The summed E-state index contributed by atoms with van der Waals surface area (Å²) in [5, 5.41) is 5.65. The van der Waals surface area contributed by atoms with Crippen LogP contribution in [0, 0.1) is 13.8 Å². The first-order valence-corrected chi connectivity index (χ1v) is 10.2. The number of nitrogens with zero attached hydrogens (tertiary/aromatic N) is 2.